The predicted octanol–water partition coefficient (Wildman–Crippen LogP) is 4.49. The number of primary amides is 1. The first-order valence-electron chi connectivity index (χ1n) is 12.0. The summed E-state index contributed by atoms with van der Waals surface area (Å²) < 4.78 is 1.92. The molecule has 2 saturated carbocycles. The summed E-state index contributed by atoms with van der Waals surface area (Å²) >= 11 is 0. The minimum absolute atomic E-state index is 0.132. The number of aromatic nitrogens is 1. The van der Waals surface area contributed by atoms with Crippen LogP contribution in [0, 0.1) is 5.41 Å². The Bertz CT molecular complexity index is 1280. The minimum Gasteiger partial charge on any atom is -0.393 e. The molecule has 1 aliphatic heterocycles. The van der Waals surface area contributed by atoms with Crippen molar-refractivity contribution in [2.24, 2.45) is 11.1 Å². The first kappa shape index (κ1) is 20.5. The molecule has 0 radical (unpaired) electrons. The van der Waals surface area contributed by atoms with Crippen LogP contribution < -0.4 is 11.1 Å². The molecule has 2 aliphatic carbocycles. The van der Waals surface area contributed by atoms with Crippen molar-refractivity contribution in [3.05, 3.63) is 53.7 Å². The standard InChI is InChI=1S/C27H29N3O3/c28-26(33)19-10-5-16(13-21(19)29-17-6-8-18(31)9-7-17)25-20-3-1-2-4-22(20)30-23(25)14-27(11-12-27)15-24(30)32/h1-5,10,13,17-18,29,31H,6-9,11-12,14-15H2,(H2,28,33). The normalized spacial score (nSPS) is 23.5. The quantitative estimate of drug-likeness (QED) is 0.553. The zero-order chi connectivity index (χ0) is 22.7. The number of hydrogen-bond donors (Lipinski definition) is 3. The van der Waals surface area contributed by atoms with E-state index in [0.29, 0.717) is 12.0 Å². The Kier molecular flexibility index (Phi) is 4.63. The molecule has 0 atom stereocenters. The molecule has 3 aliphatic rings. The van der Waals surface area contributed by atoms with E-state index >= 15 is 0 Å². The number of nitrogens with one attached hydrogen (secondary N) is 1. The number of benzene rings is 2. The van der Waals surface area contributed by atoms with Gasteiger partial charge in [-0.2, -0.15) is 0 Å². The first-order chi connectivity index (χ1) is 15.9. The SMILES string of the molecule is NC(=O)c1ccc(-c2c3n(c4ccccc24)C(=O)CC2(CC2)C3)cc1NC1CCC(O)CC1. The Morgan fingerprint density at radius 2 is 1.82 bits per heavy atom. The van der Waals surface area contributed by atoms with Gasteiger partial charge in [0.1, 0.15) is 0 Å². The fraction of sp³-hybridized carbons (Fsp3) is 0.407. The molecule has 1 spiro atoms. The number of para-hydroxylation sites is 1. The highest BCUT2D eigenvalue weighted by molar-refractivity contribution is 6.06. The number of anilines is 1. The lowest BCUT2D eigenvalue weighted by atomic mass is 9.88. The monoisotopic (exact) mass is 443 g/mol. The topological polar surface area (TPSA) is 97.4 Å². The number of nitrogens with zero attached hydrogens (tertiary/aromatic N) is 1. The van der Waals surface area contributed by atoms with Crippen LogP contribution in [0.1, 0.15) is 65.8 Å². The molecule has 3 aromatic rings. The second-order valence-corrected chi connectivity index (χ2v) is 10.2. The van der Waals surface area contributed by atoms with Gasteiger partial charge < -0.3 is 16.2 Å². The molecule has 6 nitrogen and oxygen atoms in total. The molecule has 33 heavy (non-hydrogen) atoms. The van der Waals surface area contributed by atoms with E-state index in [-0.39, 0.29) is 23.5 Å². The number of rotatable bonds is 4. The Labute approximate surface area is 192 Å². The van der Waals surface area contributed by atoms with Gasteiger partial charge in [-0.25, -0.2) is 0 Å². The van der Waals surface area contributed by atoms with Crippen LogP contribution in [-0.4, -0.2) is 33.6 Å². The zero-order valence-electron chi connectivity index (χ0n) is 18.6. The fourth-order valence-electron chi connectivity index (χ4n) is 5.89. The number of fused-ring (bicyclic) bond motifs is 3. The van der Waals surface area contributed by atoms with Gasteiger partial charge in [-0.15, -0.1) is 0 Å². The van der Waals surface area contributed by atoms with Crippen molar-refractivity contribution in [2.45, 2.75) is 63.5 Å². The van der Waals surface area contributed by atoms with Gasteiger partial charge in [-0.1, -0.05) is 24.3 Å². The highest BCUT2D eigenvalue weighted by Crippen LogP contribution is 2.56. The number of nitrogens with two attached hydrogens (primary N) is 1. The molecular formula is C27H29N3O3. The number of carbonyl (C=O) groups is 2. The molecule has 0 bridgehead atoms. The number of aliphatic hydroxyl groups excluding tert-OH is 1. The lowest BCUT2D eigenvalue weighted by Crippen LogP contribution is -2.29. The van der Waals surface area contributed by atoms with Gasteiger partial charge >= 0.3 is 0 Å². The summed E-state index contributed by atoms with van der Waals surface area (Å²) in [4.78, 5) is 25.4. The number of amides is 1. The molecule has 1 aromatic heterocycles. The minimum atomic E-state index is -0.462. The molecule has 6 rings (SSSR count). The van der Waals surface area contributed by atoms with Crippen LogP contribution in [0.3, 0.4) is 0 Å². The van der Waals surface area contributed by atoms with Gasteiger partial charge in [0.2, 0.25) is 5.91 Å². The van der Waals surface area contributed by atoms with Crippen LogP contribution in [0.25, 0.3) is 22.0 Å². The van der Waals surface area contributed by atoms with Crippen molar-refractivity contribution in [3.8, 4) is 11.1 Å². The van der Waals surface area contributed by atoms with Gasteiger partial charge in [-0.3, -0.25) is 14.2 Å². The summed E-state index contributed by atoms with van der Waals surface area (Å²) in [7, 11) is 0. The Balaban J connectivity index is 1.48. The summed E-state index contributed by atoms with van der Waals surface area (Å²) in [6, 6.07) is 14.1. The molecule has 2 heterocycles. The summed E-state index contributed by atoms with van der Waals surface area (Å²) in [5, 5.41) is 14.5. The molecule has 2 fully saturated rings. The highest BCUT2D eigenvalue weighted by Gasteiger charge is 2.49. The maximum Gasteiger partial charge on any atom is 0.250 e. The van der Waals surface area contributed by atoms with Gasteiger partial charge in [0.25, 0.3) is 5.91 Å². The summed E-state index contributed by atoms with van der Waals surface area (Å²) in [6.45, 7) is 0. The lowest BCUT2D eigenvalue weighted by molar-refractivity contribution is 0.0851. The van der Waals surface area contributed by atoms with Crippen LogP contribution in [0.15, 0.2) is 42.5 Å². The van der Waals surface area contributed by atoms with Crippen molar-refractivity contribution in [3.63, 3.8) is 0 Å². The third-order valence-electron chi connectivity index (χ3n) is 7.88. The van der Waals surface area contributed by atoms with E-state index in [2.05, 4.69) is 11.4 Å². The third-order valence-corrected chi connectivity index (χ3v) is 7.88. The number of hydrogen-bond acceptors (Lipinski definition) is 4. The second kappa shape index (κ2) is 7.45. The smallest absolute Gasteiger partial charge is 0.250 e. The average Bonchev–Trinajstić information content (AvgIpc) is 3.44. The van der Waals surface area contributed by atoms with Crippen LogP contribution in [0.2, 0.25) is 0 Å². The van der Waals surface area contributed by atoms with Crippen molar-refractivity contribution in [1.82, 2.24) is 4.57 Å². The molecule has 2 aromatic carbocycles. The van der Waals surface area contributed by atoms with Crippen LogP contribution in [0.5, 0.6) is 0 Å². The van der Waals surface area contributed by atoms with Crippen molar-refractivity contribution in [1.29, 1.82) is 0 Å². The van der Waals surface area contributed by atoms with Crippen LogP contribution in [0.4, 0.5) is 5.69 Å². The van der Waals surface area contributed by atoms with E-state index in [0.717, 1.165) is 78.4 Å². The summed E-state index contributed by atoms with van der Waals surface area (Å²) in [5.41, 5.74) is 11.2. The molecule has 6 heteroatoms. The lowest BCUT2D eigenvalue weighted by Gasteiger charge is -2.28. The summed E-state index contributed by atoms with van der Waals surface area (Å²) in [5.74, 6) is -0.278. The maximum absolute atomic E-state index is 13.2. The van der Waals surface area contributed by atoms with Crippen molar-refractivity contribution >= 4 is 28.4 Å². The van der Waals surface area contributed by atoms with Gasteiger partial charge in [0.05, 0.1) is 17.2 Å². The molecule has 4 N–H and O–H groups in total. The van der Waals surface area contributed by atoms with Crippen LogP contribution in [-0.2, 0) is 6.42 Å². The summed E-state index contributed by atoms with van der Waals surface area (Å²) in [6.07, 6.45) is 6.73. The van der Waals surface area contributed by atoms with Gasteiger partial charge in [-0.05, 0) is 74.1 Å². The van der Waals surface area contributed by atoms with Crippen molar-refractivity contribution in [2.75, 3.05) is 5.32 Å². The maximum atomic E-state index is 13.2. The van der Waals surface area contributed by atoms with Gasteiger partial charge in [0.15, 0.2) is 0 Å². The molecule has 1 amide bonds. The molecule has 0 saturated heterocycles. The Morgan fingerprint density at radius 1 is 1.06 bits per heavy atom. The fourth-order valence-corrected chi connectivity index (χ4v) is 5.89. The Hall–Kier alpha value is -3.12. The van der Waals surface area contributed by atoms with Crippen LogP contribution >= 0.6 is 0 Å². The highest BCUT2D eigenvalue weighted by atomic mass is 16.3. The van der Waals surface area contributed by atoms with E-state index in [4.69, 9.17) is 5.73 Å². The second-order valence-electron chi connectivity index (χ2n) is 10.2. The zero-order valence-corrected chi connectivity index (χ0v) is 18.6. The van der Waals surface area contributed by atoms with E-state index in [1.807, 2.05) is 34.9 Å². The number of carbonyl (C=O) groups excluding carboxylic acids is 2. The molecular weight excluding hydrogens is 414 g/mol. The van der Waals surface area contributed by atoms with E-state index < -0.39 is 5.91 Å². The largest absolute Gasteiger partial charge is 0.393 e. The van der Waals surface area contributed by atoms with E-state index in [1.54, 1.807) is 6.07 Å². The number of aliphatic hydroxyl groups is 1. The Morgan fingerprint density at radius 3 is 2.55 bits per heavy atom. The third kappa shape index (κ3) is 3.44. The first-order valence-corrected chi connectivity index (χ1v) is 12.0. The van der Waals surface area contributed by atoms with E-state index in [9.17, 15) is 14.7 Å². The average molecular weight is 444 g/mol. The predicted molar refractivity (Wildman–Crippen MR) is 128 cm³/mol. The van der Waals surface area contributed by atoms with Gasteiger partial charge in [0, 0.05) is 34.8 Å². The van der Waals surface area contributed by atoms with E-state index in [1.165, 1.54) is 0 Å². The molecule has 0 unspecified atom stereocenters. The molecule has 170 valence electrons. The van der Waals surface area contributed by atoms with Crippen molar-refractivity contribution < 1.29 is 14.7 Å².